The molecule has 0 heterocycles. The maximum Gasteiger partial charge on any atom is 0.238 e. The fraction of sp³-hybridized carbons (Fsp3) is 0.278. The van der Waals surface area contributed by atoms with Crippen LogP contribution in [0.4, 0.5) is 14.5 Å². The van der Waals surface area contributed by atoms with Crippen molar-refractivity contribution in [3.8, 4) is 0 Å². The smallest absolute Gasteiger partial charge is 0.238 e. The molecule has 1 N–H and O–H groups in total. The van der Waals surface area contributed by atoms with Gasteiger partial charge in [-0.1, -0.05) is 29.8 Å². The Hall–Kier alpha value is -1.98. The lowest BCUT2D eigenvalue weighted by Gasteiger charge is -2.22. The molecule has 2 aromatic carbocycles. The van der Waals surface area contributed by atoms with Crippen LogP contribution in [0.1, 0.15) is 18.4 Å². The van der Waals surface area contributed by atoms with Crippen LogP contribution in [0, 0.1) is 11.6 Å². The SMILES string of the molecule is O=C(CN(Cc1ccccc1F)C1CC1)Nc1cc(Cl)ccc1F. The summed E-state index contributed by atoms with van der Waals surface area (Å²) in [6, 6.07) is 10.8. The molecule has 0 unspecified atom stereocenters. The Morgan fingerprint density at radius 2 is 1.92 bits per heavy atom. The Morgan fingerprint density at radius 3 is 2.62 bits per heavy atom. The highest BCUT2D eigenvalue weighted by Crippen LogP contribution is 2.29. The molecule has 0 spiro atoms. The standard InChI is InChI=1S/C18H17ClF2N2O/c19-13-5-8-16(21)17(9-13)22-18(24)11-23(14-6-7-14)10-12-3-1-2-4-15(12)20/h1-5,8-9,14H,6-7,10-11H2,(H,22,24). The van der Waals surface area contributed by atoms with Crippen LogP contribution in [0.15, 0.2) is 42.5 Å². The molecular formula is C18H17ClF2N2O. The van der Waals surface area contributed by atoms with Crippen molar-refractivity contribution in [2.45, 2.75) is 25.4 Å². The Morgan fingerprint density at radius 1 is 1.17 bits per heavy atom. The van der Waals surface area contributed by atoms with Crippen molar-refractivity contribution in [2.24, 2.45) is 0 Å². The minimum atomic E-state index is -0.542. The number of rotatable bonds is 6. The Balaban J connectivity index is 1.66. The van der Waals surface area contributed by atoms with Crippen LogP contribution < -0.4 is 5.32 Å². The van der Waals surface area contributed by atoms with E-state index < -0.39 is 5.82 Å². The van der Waals surface area contributed by atoms with Crippen molar-refractivity contribution in [3.63, 3.8) is 0 Å². The molecule has 1 aliphatic carbocycles. The highest BCUT2D eigenvalue weighted by Gasteiger charge is 2.30. The summed E-state index contributed by atoms with van der Waals surface area (Å²) in [4.78, 5) is 14.2. The number of hydrogen-bond acceptors (Lipinski definition) is 2. The summed E-state index contributed by atoms with van der Waals surface area (Å²) in [6.07, 6.45) is 1.96. The van der Waals surface area contributed by atoms with Crippen molar-refractivity contribution in [2.75, 3.05) is 11.9 Å². The lowest BCUT2D eigenvalue weighted by molar-refractivity contribution is -0.117. The number of hydrogen-bond donors (Lipinski definition) is 1. The van der Waals surface area contributed by atoms with E-state index in [2.05, 4.69) is 5.32 Å². The molecule has 3 nitrogen and oxygen atoms in total. The predicted octanol–water partition coefficient (Wildman–Crippen LogP) is 4.22. The van der Waals surface area contributed by atoms with Gasteiger partial charge in [-0.3, -0.25) is 9.69 Å². The molecule has 1 amide bonds. The fourth-order valence-electron chi connectivity index (χ4n) is 2.57. The predicted molar refractivity (Wildman–Crippen MR) is 89.9 cm³/mol. The van der Waals surface area contributed by atoms with Crippen LogP contribution in [0.3, 0.4) is 0 Å². The molecule has 0 bridgehead atoms. The van der Waals surface area contributed by atoms with Crippen molar-refractivity contribution in [3.05, 3.63) is 64.7 Å². The Bertz CT molecular complexity index is 750. The van der Waals surface area contributed by atoms with Crippen molar-refractivity contribution < 1.29 is 13.6 Å². The number of halogens is 3. The van der Waals surface area contributed by atoms with Gasteiger partial charge >= 0.3 is 0 Å². The number of amides is 1. The highest BCUT2D eigenvalue weighted by atomic mass is 35.5. The number of carbonyl (C=O) groups is 1. The topological polar surface area (TPSA) is 32.3 Å². The van der Waals surface area contributed by atoms with Crippen molar-refractivity contribution >= 4 is 23.2 Å². The summed E-state index contributed by atoms with van der Waals surface area (Å²) < 4.78 is 27.5. The quantitative estimate of drug-likeness (QED) is 0.846. The molecule has 0 saturated heterocycles. The molecule has 126 valence electrons. The second kappa shape index (κ2) is 7.28. The van der Waals surface area contributed by atoms with Crippen LogP contribution in [0.25, 0.3) is 0 Å². The first kappa shape index (κ1) is 16.9. The van der Waals surface area contributed by atoms with Crippen molar-refractivity contribution in [1.29, 1.82) is 0 Å². The molecule has 3 rings (SSSR count). The first-order valence-electron chi connectivity index (χ1n) is 7.75. The van der Waals surface area contributed by atoms with Gasteiger partial charge in [0.1, 0.15) is 11.6 Å². The van der Waals surface area contributed by atoms with Gasteiger partial charge < -0.3 is 5.32 Å². The third-order valence-electron chi connectivity index (χ3n) is 3.94. The fourth-order valence-corrected chi connectivity index (χ4v) is 2.74. The van der Waals surface area contributed by atoms with Gasteiger partial charge in [0.25, 0.3) is 0 Å². The largest absolute Gasteiger partial charge is 0.322 e. The molecule has 0 radical (unpaired) electrons. The summed E-state index contributed by atoms with van der Waals surface area (Å²) in [7, 11) is 0. The van der Waals surface area contributed by atoms with Crippen LogP contribution in [0.2, 0.25) is 5.02 Å². The first-order chi connectivity index (χ1) is 11.5. The Labute approximate surface area is 144 Å². The molecule has 24 heavy (non-hydrogen) atoms. The summed E-state index contributed by atoms with van der Waals surface area (Å²) >= 11 is 5.82. The molecule has 1 fully saturated rings. The maximum atomic E-state index is 13.8. The molecule has 0 aromatic heterocycles. The van der Waals surface area contributed by atoms with Gasteiger partial charge in [-0.05, 0) is 37.1 Å². The van der Waals surface area contributed by atoms with E-state index in [1.165, 1.54) is 24.3 Å². The third kappa shape index (κ3) is 4.30. The maximum absolute atomic E-state index is 13.8. The summed E-state index contributed by atoms with van der Waals surface area (Å²) in [5.41, 5.74) is 0.597. The van der Waals surface area contributed by atoms with Gasteiger partial charge in [0.05, 0.1) is 12.2 Å². The molecule has 6 heteroatoms. The first-order valence-corrected chi connectivity index (χ1v) is 8.13. The van der Waals surface area contributed by atoms with Gasteiger partial charge in [-0.15, -0.1) is 0 Å². The van der Waals surface area contributed by atoms with Gasteiger partial charge in [-0.25, -0.2) is 8.78 Å². The summed E-state index contributed by atoms with van der Waals surface area (Å²) in [6.45, 7) is 0.424. The second-order valence-electron chi connectivity index (χ2n) is 5.90. The highest BCUT2D eigenvalue weighted by molar-refractivity contribution is 6.30. The molecule has 1 saturated carbocycles. The van der Waals surface area contributed by atoms with Crippen LogP contribution in [-0.4, -0.2) is 23.4 Å². The number of anilines is 1. The zero-order valence-corrected chi connectivity index (χ0v) is 13.7. The lowest BCUT2D eigenvalue weighted by atomic mass is 10.2. The average molecular weight is 351 g/mol. The van der Waals surface area contributed by atoms with Gasteiger partial charge in [0, 0.05) is 23.2 Å². The molecule has 0 aliphatic heterocycles. The van der Waals surface area contributed by atoms with Gasteiger partial charge in [-0.2, -0.15) is 0 Å². The van der Waals surface area contributed by atoms with E-state index in [1.54, 1.807) is 18.2 Å². The van der Waals surface area contributed by atoms with E-state index in [-0.39, 0.29) is 30.0 Å². The lowest BCUT2D eigenvalue weighted by Crippen LogP contribution is -2.34. The molecule has 0 atom stereocenters. The second-order valence-corrected chi connectivity index (χ2v) is 6.34. The van der Waals surface area contributed by atoms with Crippen LogP contribution in [0.5, 0.6) is 0 Å². The third-order valence-corrected chi connectivity index (χ3v) is 4.18. The van der Waals surface area contributed by atoms with Crippen LogP contribution >= 0.6 is 11.6 Å². The van der Waals surface area contributed by atoms with E-state index in [0.717, 1.165) is 12.8 Å². The molecule has 1 aliphatic rings. The van der Waals surface area contributed by atoms with Crippen molar-refractivity contribution in [1.82, 2.24) is 4.90 Å². The summed E-state index contributed by atoms with van der Waals surface area (Å²) in [5, 5.41) is 2.88. The van der Waals surface area contributed by atoms with E-state index in [4.69, 9.17) is 11.6 Å². The monoisotopic (exact) mass is 350 g/mol. The zero-order chi connectivity index (χ0) is 17.1. The van der Waals surface area contributed by atoms with Gasteiger partial charge in [0.2, 0.25) is 5.91 Å². The minimum absolute atomic E-state index is 0.0501. The van der Waals surface area contributed by atoms with E-state index in [9.17, 15) is 13.6 Å². The molecule has 2 aromatic rings. The van der Waals surface area contributed by atoms with E-state index in [0.29, 0.717) is 17.1 Å². The normalized spacial score (nSPS) is 14.0. The average Bonchev–Trinajstić information content (AvgIpc) is 3.37. The molecular weight excluding hydrogens is 334 g/mol. The van der Waals surface area contributed by atoms with E-state index in [1.807, 2.05) is 4.90 Å². The van der Waals surface area contributed by atoms with Crippen LogP contribution in [-0.2, 0) is 11.3 Å². The summed E-state index contributed by atoms with van der Waals surface area (Å²) in [5.74, 6) is -1.18. The Kier molecular flexibility index (Phi) is 5.11. The number of nitrogens with zero attached hydrogens (tertiary/aromatic N) is 1. The number of nitrogens with one attached hydrogen (secondary N) is 1. The minimum Gasteiger partial charge on any atom is -0.322 e. The number of benzene rings is 2. The van der Waals surface area contributed by atoms with Gasteiger partial charge in [0.15, 0.2) is 0 Å². The van der Waals surface area contributed by atoms with E-state index >= 15 is 0 Å². The zero-order valence-electron chi connectivity index (χ0n) is 12.9. The number of carbonyl (C=O) groups excluding carboxylic acids is 1.